The Bertz CT molecular complexity index is 586. The van der Waals surface area contributed by atoms with Crippen molar-refractivity contribution in [3.05, 3.63) is 28.8 Å². The van der Waals surface area contributed by atoms with Gasteiger partial charge in [-0.15, -0.1) is 0 Å². The van der Waals surface area contributed by atoms with Gasteiger partial charge in [0.2, 0.25) is 10.0 Å². The fourth-order valence-corrected chi connectivity index (χ4v) is 3.65. The van der Waals surface area contributed by atoms with Crippen LogP contribution in [0.5, 0.6) is 0 Å². The quantitative estimate of drug-likeness (QED) is 0.809. The highest BCUT2D eigenvalue weighted by atomic mass is 35.5. The van der Waals surface area contributed by atoms with E-state index in [-0.39, 0.29) is 22.4 Å². The Hall–Kier alpha value is -1.11. The van der Waals surface area contributed by atoms with Gasteiger partial charge in [0.15, 0.2) is 0 Å². The standard InChI is InChI=1S/C13H18ClNO4S/c1-9-6-7-12(11(14)8-9)20(18,19)15-10(2)4-3-5-13(16)17/h6-8,10,15H,3-5H2,1-2H3,(H,16,17). The van der Waals surface area contributed by atoms with E-state index < -0.39 is 16.0 Å². The topological polar surface area (TPSA) is 83.5 Å². The first-order valence-corrected chi connectivity index (χ1v) is 8.09. The summed E-state index contributed by atoms with van der Waals surface area (Å²) in [5.74, 6) is -0.887. The molecule has 0 saturated carbocycles. The second-order valence-corrected chi connectivity index (χ2v) is 6.83. The Balaban J connectivity index is 2.72. The summed E-state index contributed by atoms with van der Waals surface area (Å²) in [6.45, 7) is 3.52. The minimum atomic E-state index is -3.69. The number of carboxylic acid groups (broad SMARTS) is 1. The van der Waals surface area contributed by atoms with E-state index in [0.717, 1.165) is 5.56 Å². The summed E-state index contributed by atoms with van der Waals surface area (Å²) >= 11 is 5.95. The van der Waals surface area contributed by atoms with Gasteiger partial charge in [0.25, 0.3) is 0 Å². The molecule has 7 heteroatoms. The first kappa shape index (κ1) is 16.9. The lowest BCUT2D eigenvalue weighted by Gasteiger charge is -2.14. The van der Waals surface area contributed by atoms with Crippen LogP contribution in [0.25, 0.3) is 0 Å². The third-order valence-corrected chi connectivity index (χ3v) is 4.83. The Morgan fingerprint density at radius 1 is 1.45 bits per heavy atom. The van der Waals surface area contributed by atoms with Crippen LogP contribution in [0.4, 0.5) is 0 Å². The van der Waals surface area contributed by atoms with Gasteiger partial charge < -0.3 is 5.11 Å². The van der Waals surface area contributed by atoms with Crippen molar-refractivity contribution in [1.29, 1.82) is 0 Å². The van der Waals surface area contributed by atoms with Crippen molar-refractivity contribution in [3.63, 3.8) is 0 Å². The molecule has 0 saturated heterocycles. The van der Waals surface area contributed by atoms with E-state index in [0.29, 0.717) is 12.8 Å². The van der Waals surface area contributed by atoms with Crippen LogP contribution in [0.15, 0.2) is 23.1 Å². The van der Waals surface area contributed by atoms with Crippen LogP contribution in [0.3, 0.4) is 0 Å². The molecule has 0 spiro atoms. The van der Waals surface area contributed by atoms with Gasteiger partial charge in [-0.1, -0.05) is 17.7 Å². The summed E-state index contributed by atoms with van der Waals surface area (Å²) in [6, 6.07) is 4.38. The van der Waals surface area contributed by atoms with Gasteiger partial charge in [0, 0.05) is 12.5 Å². The van der Waals surface area contributed by atoms with Gasteiger partial charge in [-0.2, -0.15) is 0 Å². The predicted octanol–water partition coefficient (Wildman–Crippen LogP) is 2.57. The van der Waals surface area contributed by atoms with Gasteiger partial charge in [-0.3, -0.25) is 4.79 Å². The average molecular weight is 320 g/mol. The van der Waals surface area contributed by atoms with E-state index in [1.807, 2.05) is 6.92 Å². The Morgan fingerprint density at radius 2 is 2.10 bits per heavy atom. The SMILES string of the molecule is Cc1ccc(S(=O)(=O)NC(C)CCCC(=O)O)c(Cl)c1. The fraction of sp³-hybridized carbons (Fsp3) is 0.462. The maximum atomic E-state index is 12.2. The number of benzene rings is 1. The lowest BCUT2D eigenvalue weighted by Crippen LogP contribution is -2.32. The summed E-state index contributed by atoms with van der Waals surface area (Å²) in [6.07, 6.45) is 0.896. The molecule has 0 amide bonds. The lowest BCUT2D eigenvalue weighted by atomic mass is 10.1. The average Bonchev–Trinajstić information content (AvgIpc) is 2.26. The Morgan fingerprint density at radius 3 is 2.65 bits per heavy atom. The smallest absolute Gasteiger partial charge is 0.303 e. The zero-order valence-electron chi connectivity index (χ0n) is 11.4. The molecule has 1 rings (SSSR count). The monoisotopic (exact) mass is 319 g/mol. The molecular weight excluding hydrogens is 302 g/mol. The maximum absolute atomic E-state index is 12.2. The van der Waals surface area contributed by atoms with Crippen molar-refractivity contribution in [1.82, 2.24) is 4.72 Å². The van der Waals surface area contributed by atoms with Crippen LogP contribution in [-0.2, 0) is 14.8 Å². The molecule has 1 atom stereocenters. The van der Waals surface area contributed by atoms with Crippen molar-refractivity contribution < 1.29 is 18.3 Å². The molecular formula is C13H18ClNO4S. The molecule has 112 valence electrons. The zero-order chi connectivity index (χ0) is 15.3. The molecule has 0 aliphatic carbocycles. The number of carboxylic acids is 1. The van der Waals surface area contributed by atoms with E-state index in [4.69, 9.17) is 16.7 Å². The zero-order valence-corrected chi connectivity index (χ0v) is 13.0. The molecule has 0 aromatic heterocycles. The third kappa shape index (κ3) is 5.11. The molecule has 0 heterocycles. The van der Waals surface area contributed by atoms with Crippen LogP contribution in [0, 0.1) is 6.92 Å². The second kappa shape index (κ2) is 7.06. The van der Waals surface area contributed by atoms with Crippen LogP contribution in [0.1, 0.15) is 31.7 Å². The highest BCUT2D eigenvalue weighted by molar-refractivity contribution is 7.89. The summed E-state index contributed by atoms with van der Waals surface area (Å²) in [5, 5.41) is 8.72. The number of rotatable bonds is 7. The lowest BCUT2D eigenvalue weighted by molar-refractivity contribution is -0.137. The van der Waals surface area contributed by atoms with Crippen LogP contribution in [-0.4, -0.2) is 25.5 Å². The van der Waals surface area contributed by atoms with Gasteiger partial charge in [-0.05, 0) is 44.4 Å². The van der Waals surface area contributed by atoms with Crippen molar-refractivity contribution >= 4 is 27.6 Å². The molecule has 0 bridgehead atoms. The van der Waals surface area contributed by atoms with E-state index in [1.165, 1.54) is 6.07 Å². The molecule has 1 aromatic rings. The number of aryl methyl sites for hydroxylation is 1. The van der Waals surface area contributed by atoms with Crippen molar-refractivity contribution in [2.24, 2.45) is 0 Å². The maximum Gasteiger partial charge on any atom is 0.303 e. The molecule has 5 nitrogen and oxygen atoms in total. The number of sulfonamides is 1. The van der Waals surface area contributed by atoms with Crippen molar-refractivity contribution in [2.75, 3.05) is 0 Å². The Kier molecular flexibility index (Phi) is 5.98. The van der Waals surface area contributed by atoms with Crippen molar-refractivity contribution in [3.8, 4) is 0 Å². The highest BCUT2D eigenvalue weighted by Crippen LogP contribution is 2.22. The van der Waals surface area contributed by atoms with E-state index >= 15 is 0 Å². The first-order valence-electron chi connectivity index (χ1n) is 6.22. The van der Waals surface area contributed by atoms with Gasteiger partial charge in [0.1, 0.15) is 4.90 Å². The minimum absolute atomic E-state index is 0.0252. The first-order chi connectivity index (χ1) is 9.22. The van der Waals surface area contributed by atoms with Crippen LogP contribution < -0.4 is 4.72 Å². The second-order valence-electron chi connectivity index (χ2n) is 4.74. The highest BCUT2D eigenvalue weighted by Gasteiger charge is 2.20. The van der Waals surface area contributed by atoms with Crippen molar-refractivity contribution in [2.45, 2.75) is 44.0 Å². The number of aliphatic carboxylic acids is 1. The van der Waals surface area contributed by atoms with E-state index in [9.17, 15) is 13.2 Å². The number of nitrogens with one attached hydrogen (secondary N) is 1. The molecule has 20 heavy (non-hydrogen) atoms. The van der Waals surface area contributed by atoms with Crippen LogP contribution >= 0.6 is 11.6 Å². The van der Waals surface area contributed by atoms with Gasteiger partial charge >= 0.3 is 5.97 Å². The van der Waals surface area contributed by atoms with Gasteiger partial charge in [-0.25, -0.2) is 13.1 Å². The summed E-state index contributed by atoms with van der Waals surface area (Å²) < 4.78 is 26.8. The normalized spacial score (nSPS) is 13.2. The fourth-order valence-electron chi connectivity index (χ4n) is 1.77. The van der Waals surface area contributed by atoms with Gasteiger partial charge in [0.05, 0.1) is 5.02 Å². The molecule has 0 aliphatic heterocycles. The molecule has 0 fully saturated rings. The number of carbonyl (C=O) groups is 1. The minimum Gasteiger partial charge on any atom is -0.481 e. The molecule has 1 unspecified atom stereocenters. The van der Waals surface area contributed by atoms with Crippen LogP contribution in [0.2, 0.25) is 5.02 Å². The summed E-state index contributed by atoms with van der Waals surface area (Å²) in [4.78, 5) is 10.4. The largest absolute Gasteiger partial charge is 0.481 e. The molecule has 1 aromatic carbocycles. The third-order valence-electron chi connectivity index (χ3n) is 2.76. The molecule has 2 N–H and O–H groups in total. The number of hydrogen-bond acceptors (Lipinski definition) is 3. The molecule has 0 aliphatic rings. The summed E-state index contributed by atoms with van der Waals surface area (Å²) in [5.41, 5.74) is 0.878. The van der Waals surface area contributed by atoms with E-state index in [2.05, 4.69) is 4.72 Å². The number of hydrogen-bond donors (Lipinski definition) is 2. The number of halogens is 1. The predicted molar refractivity (Wildman–Crippen MR) is 77.5 cm³/mol. The summed E-state index contributed by atoms with van der Waals surface area (Å²) in [7, 11) is -3.69. The molecule has 0 radical (unpaired) electrons. The Labute approximate surface area is 124 Å². The van der Waals surface area contributed by atoms with E-state index in [1.54, 1.807) is 19.1 Å².